The average molecular weight is 538 g/mol. The molecule has 0 aliphatic rings. The van der Waals surface area contributed by atoms with E-state index in [0.29, 0.717) is 24.8 Å². The summed E-state index contributed by atoms with van der Waals surface area (Å²) in [7, 11) is 0. The van der Waals surface area contributed by atoms with Gasteiger partial charge in [0.05, 0.1) is 6.61 Å². The van der Waals surface area contributed by atoms with Gasteiger partial charge in [-0.1, -0.05) is 52.5 Å². The van der Waals surface area contributed by atoms with Crippen LogP contribution in [0.4, 0.5) is 4.79 Å². The SMILES string of the molecule is CCCCCC(=O)Oc1ccc(CC(N)(C[C@H](C)OC(=O)OCCC)C(=O)O)cc1OC(=O)CCCCC. The van der Waals surface area contributed by atoms with Gasteiger partial charge in [-0.05, 0) is 43.9 Å². The number of carbonyl (C=O) groups is 4. The molecular weight excluding hydrogens is 494 g/mol. The van der Waals surface area contributed by atoms with Crippen molar-refractivity contribution in [3.05, 3.63) is 23.8 Å². The maximum atomic E-state index is 12.4. The number of carboxylic acids is 1. The highest BCUT2D eigenvalue weighted by Gasteiger charge is 2.37. The molecule has 0 bridgehead atoms. The summed E-state index contributed by atoms with van der Waals surface area (Å²) in [4.78, 5) is 48.6. The van der Waals surface area contributed by atoms with Crippen LogP contribution in [0.25, 0.3) is 0 Å². The number of rotatable bonds is 18. The van der Waals surface area contributed by atoms with Gasteiger partial charge in [-0.25, -0.2) is 4.79 Å². The summed E-state index contributed by atoms with van der Waals surface area (Å²) in [5, 5.41) is 9.88. The zero-order valence-electron chi connectivity index (χ0n) is 23.1. The minimum absolute atomic E-state index is 0.0213. The second kappa shape index (κ2) is 17.4. The summed E-state index contributed by atoms with van der Waals surface area (Å²) in [6, 6.07) is 4.48. The van der Waals surface area contributed by atoms with E-state index in [0.717, 1.165) is 25.7 Å². The van der Waals surface area contributed by atoms with Gasteiger partial charge in [-0.3, -0.25) is 14.4 Å². The molecule has 0 saturated heterocycles. The first-order chi connectivity index (χ1) is 18.0. The van der Waals surface area contributed by atoms with Gasteiger partial charge < -0.3 is 29.8 Å². The van der Waals surface area contributed by atoms with Crippen molar-refractivity contribution in [3.8, 4) is 11.5 Å². The van der Waals surface area contributed by atoms with Gasteiger partial charge in [0, 0.05) is 25.7 Å². The van der Waals surface area contributed by atoms with Crippen molar-refractivity contribution in [1.82, 2.24) is 0 Å². The van der Waals surface area contributed by atoms with E-state index in [2.05, 4.69) is 0 Å². The van der Waals surface area contributed by atoms with Crippen LogP contribution in [-0.4, -0.2) is 47.4 Å². The van der Waals surface area contributed by atoms with E-state index in [1.807, 2.05) is 20.8 Å². The number of esters is 2. The van der Waals surface area contributed by atoms with E-state index in [-0.39, 0.29) is 43.8 Å². The Balaban J connectivity index is 3.10. The molecule has 2 atom stereocenters. The van der Waals surface area contributed by atoms with Crippen LogP contribution in [0.5, 0.6) is 11.5 Å². The van der Waals surface area contributed by atoms with Crippen LogP contribution in [0, 0.1) is 0 Å². The Morgan fingerprint density at radius 2 is 1.47 bits per heavy atom. The lowest BCUT2D eigenvalue weighted by molar-refractivity contribution is -0.144. The van der Waals surface area contributed by atoms with Crippen molar-refractivity contribution in [1.29, 1.82) is 0 Å². The molecule has 0 spiro atoms. The molecule has 0 radical (unpaired) electrons. The van der Waals surface area contributed by atoms with Crippen LogP contribution < -0.4 is 15.2 Å². The highest BCUT2D eigenvalue weighted by atomic mass is 16.7. The van der Waals surface area contributed by atoms with Crippen LogP contribution in [0.1, 0.15) is 97.5 Å². The third-order valence-electron chi connectivity index (χ3n) is 5.74. The van der Waals surface area contributed by atoms with Gasteiger partial charge in [0.15, 0.2) is 11.5 Å². The third kappa shape index (κ3) is 12.4. The fourth-order valence-corrected chi connectivity index (χ4v) is 3.75. The van der Waals surface area contributed by atoms with E-state index in [9.17, 15) is 24.3 Å². The monoisotopic (exact) mass is 537 g/mol. The largest absolute Gasteiger partial charge is 0.508 e. The van der Waals surface area contributed by atoms with E-state index >= 15 is 0 Å². The lowest BCUT2D eigenvalue weighted by Crippen LogP contribution is -2.52. The molecule has 0 amide bonds. The predicted octanol–water partition coefficient (Wildman–Crippen LogP) is 5.32. The molecule has 10 heteroatoms. The summed E-state index contributed by atoms with van der Waals surface area (Å²) < 4.78 is 21.0. The zero-order chi connectivity index (χ0) is 28.6. The molecule has 0 saturated carbocycles. The van der Waals surface area contributed by atoms with E-state index in [1.165, 1.54) is 19.1 Å². The first-order valence-corrected chi connectivity index (χ1v) is 13.4. The molecule has 3 N–H and O–H groups in total. The molecule has 0 aromatic heterocycles. The van der Waals surface area contributed by atoms with Gasteiger partial charge in [-0.2, -0.15) is 0 Å². The van der Waals surface area contributed by atoms with Crippen LogP contribution in [0.2, 0.25) is 0 Å². The van der Waals surface area contributed by atoms with Crippen molar-refractivity contribution >= 4 is 24.1 Å². The second-order valence-electron chi connectivity index (χ2n) is 9.51. The van der Waals surface area contributed by atoms with Crippen molar-refractivity contribution < 1.29 is 43.2 Å². The molecule has 38 heavy (non-hydrogen) atoms. The quantitative estimate of drug-likeness (QED) is 0.143. The molecule has 214 valence electrons. The number of ether oxygens (including phenoxy) is 4. The van der Waals surface area contributed by atoms with E-state index in [4.69, 9.17) is 24.7 Å². The van der Waals surface area contributed by atoms with Crippen LogP contribution in [0.15, 0.2) is 18.2 Å². The fraction of sp³-hybridized carbons (Fsp3) is 0.643. The molecular formula is C28H43NO9. The van der Waals surface area contributed by atoms with Gasteiger partial charge >= 0.3 is 24.1 Å². The Morgan fingerprint density at radius 3 is 2.00 bits per heavy atom. The number of aliphatic carboxylic acids is 1. The van der Waals surface area contributed by atoms with E-state index in [1.54, 1.807) is 6.07 Å². The smallest absolute Gasteiger partial charge is 0.480 e. The maximum absolute atomic E-state index is 12.4. The van der Waals surface area contributed by atoms with Gasteiger partial charge in [0.25, 0.3) is 0 Å². The topological polar surface area (TPSA) is 151 Å². The summed E-state index contributed by atoms with van der Waals surface area (Å²) >= 11 is 0. The molecule has 10 nitrogen and oxygen atoms in total. The highest BCUT2D eigenvalue weighted by Crippen LogP contribution is 2.31. The first kappa shape index (κ1) is 32.9. The molecule has 0 aliphatic carbocycles. The number of nitrogens with two attached hydrogens (primary N) is 1. The summed E-state index contributed by atoms with van der Waals surface area (Å²) in [5.41, 5.74) is 4.89. The predicted molar refractivity (Wildman–Crippen MR) is 141 cm³/mol. The van der Waals surface area contributed by atoms with Crippen LogP contribution >= 0.6 is 0 Å². The summed E-state index contributed by atoms with van der Waals surface area (Å²) in [6.07, 6.45) is 3.95. The molecule has 0 heterocycles. The number of carbonyl (C=O) groups excluding carboxylic acids is 3. The number of carboxylic acid groups (broad SMARTS) is 1. The average Bonchev–Trinajstić information content (AvgIpc) is 2.84. The normalized spacial score (nSPS) is 13.2. The number of benzene rings is 1. The molecule has 1 unspecified atom stereocenters. The van der Waals surface area contributed by atoms with Crippen molar-refractivity contribution in [2.75, 3.05) is 6.61 Å². The van der Waals surface area contributed by atoms with Crippen molar-refractivity contribution in [3.63, 3.8) is 0 Å². The Bertz CT molecular complexity index is 918. The van der Waals surface area contributed by atoms with Crippen LogP contribution in [-0.2, 0) is 30.3 Å². The summed E-state index contributed by atoms with van der Waals surface area (Å²) in [5.74, 6) is -2.13. The molecule has 1 rings (SSSR count). The first-order valence-electron chi connectivity index (χ1n) is 13.4. The van der Waals surface area contributed by atoms with E-state index < -0.39 is 35.7 Å². The molecule has 1 aromatic carbocycles. The highest BCUT2D eigenvalue weighted by molar-refractivity contribution is 5.79. The van der Waals surface area contributed by atoms with Gasteiger partial charge in [0.2, 0.25) is 0 Å². The molecule has 1 aromatic rings. The summed E-state index contributed by atoms with van der Waals surface area (Å²) in [6.45, 7) is 7.60. The van der Waals surface area contributed by atoms with Crippen molar-refractivity contribution in [2.45, 2.75) is 110 Å². The minimum atomic E-state index is -1.80. The maximum Gasteiger partial charge on any atom is 0.508 e. The lowest BCUT2D eigenvalue weighted by atomic mass is 9.86. The third-order valence-corrected chi connectivity index (χ3v) is 5.74. The second-order valence-corrected chi connectivity index (χ2v) is 9.51. The minimum Gasteiger partial charge on any atom is -0.480 e. The Kier molecular flexibility index (Phi) is 15.0. The van der Waals surface area contributed by atoms with Gasteiger partial charge in [-0.15, -0.1) is 0 Å². The Morgan fingerprint density at radius 1 is 0.895 bits per heavy atom. The molecule has 0 aliphatic heterocycles. The van der Waals surface area contributed by atoms with Crippen LogP contribution in [0.3, 0.4) is 0 Å². The molecule has 0 fully saturated rings. The number of hydrogen-bond donors (Lipinski definition) is 2. The van der Waals surface area contributed by atoms with Gasteiger partial charge in [0.1, 0.15) is 11.6 Å². The Labute approximate surface area is 225 Å². The lowest BCUT2D eigenvalue weighted by Gasteiger charge is -2.28. The standard InChI is InChI=1S/C28H43NO9/c1-5-8-10-12-24(30)37-22-15-14-21(17-23(22)38-25(31)13-11-9-6-2)19-28(29,26(32)33)18-20(4)36-27(34)35-16-7-3/h14-15,17,20H,5-13,16,18-19,29H2,1-4H3,(H,32,33)/t20-,28?/m0/s1. The van der Waals surface area contributed by atoms with Crippen molar-refractivity contribution in [2.24, 2.45) is 5.73 Å². The number of unbranched alkanes of at least 4 members (excludes halogenated alkanes) is 4. The Hall–Kier alpha value is -3.14. The zero-order valence-corrected chi connectivity index (χ0v) is 23.1. The number of hydrogen-bond acceptors (Lipinski definition) is 9. The fourth-order valence-electron chi connectivity index (χ4n) is 3.75.